The second-order valence-corrected chi connectivity index (χ2v) is 8.71. The quantitative estimate of drug-likeness (QED) is 0.617. The van der Waals surface area contributed by atoms with E-state index in [1.54, 1.807) is 11.0 Å². The number of aromatic nitrogens is 1. The van der Waals surface area contributed by atoms with E-state index in [0.717, 1.165) is 25.7 Å². The van der Waals surface area contributed by atoms with E-state index >= 15 is 0 Å². The molecule has 1 aromatic carbocycles. The molecule has 2 saturated heterocycles. The molecular weight excluding hydrogens is 408 g/mol. The van der Waals surface area contributed by atoms with Crippen molar-refractivity contribution >= 4 is 17.8 Å². The molecule has 1 atom stereocenters. The number of nitrogens with one attached hydrogen (secondary N) is 2. The molecule has 4 rings (SSSR count). The number of aryl methyl sites for hydroxylation is 2. The standard InChI is InChI=1S/C24H30N4O4/c1-2-7-19-16-20(27-32-19)21(29)28-14-11-18(12-15-28)24(22(30)25-23(31)26-24)13-6-10-17-8-4-3-5-9-17/h3-5,8-9,16,18H,2,6-7,10-15H2,1H3,(H2,25,26,30,31). The number of amides is 4. The smallest absolute Gasteiger partial charge is 0.322 e. The van der Waals surface area contributed by atoms with Gasteiger partial charge < -0.3 is 14.7 Å². The van der Waals surface area contributed by atoms with Crippen LogP contribution in [-0.4, -0.2) is 46.5 Å². The first-order chi connectivity index (χ1) is 15.5. The Labute approximate surface area is 187 Å². The van der Waals surface area contributed by atoms with E-state index in [4.69, 9.17) is 4.52 Å². The van der Waals surface area contributed by atoms with Crippen LogP contribution in [-0.2, 0) is 17.6 Å². The summed E-state index contributed by atoms with van der Waals surface area (Å²) in [4.78, 5) is 39.5. The van der Waals surface area contributed by atoms with E-state index in [2.05, 4.69) is 27.9 Å². The molecule has 32 heavy (non-hydrogen) atoms. The summed E-state index contributed by atoms with van der Waals surface area (Å²) in [5, 5.41) is 9.30. The third-order valence-corrected chi connectivity index (χ3v) is 6.60. The molecule has 0 bridgehead atoms. The fourth-order valence-corrected chi connectivity index (χ4v) is 4.90. The van der Waals surface area contributed by atoms with Gasteiger partial charge >= 0.3 is 6.03 Å². The summed E-state index contributed by atoms with van der Waals surface area (Å²) >= 11 is 0. The first kappa shape index (κ1) is 22.0. The van der Waals surface area contributed by atoms with Crippen molar-refractivity contribution in [3.63, 3.8) is 0 Å². The topological polar surface area (TPSA) is 105 Å². The van der Waals surface area contributed by atoms with Crippen LogP contribution in [0.5, 0.6) is 0 Å². The molecule has 1 unspecified atom stereocenters. The third kappa shape index (κ3) is 4.54. The highest BCUT2D eigenvalue weighted by Gasteiger charge is 2.51. The van der Waals surface area contributed by atoms with Gasteiger partial charge in [-0.1, -0.05) is 42.4 Å². The molecule has 0 spiro atoms. The van der Waals surface area contributed by atoms with Gasteiger partial charge in [-0.3, -0.25) is 14.9 Å². The van der Waals surface area contributed by atoms with Gasteiger partial charge in [0, 0.05) is 25.6 Å². The predicted molar refractivity (Wildman–Crippen MR) is 118 cm³/mol. The van der Waals surface area contributed by atoms with Crippen LogP contribution in [0.15, 0.2) is 40.9 Å². The maximum Gasteiger partial charge on any atom is 0.322 e. The number of imide groups is 1. The van der Waals surface area contributed by atoms with Crippen molar-refractivity contribution < 1.29 is 18.9 Å². The maximum atomic E-state index is 12.9. The zero-order valence-electron chi connectivity index (χ0n) is 18.4. The van der Waals surface area contributed by atoms with Gasteiger partial charge in [-0.25, -0.2) is 4.79 Å². The average Bonchev–Trinajstić information content (AvgIpc) is 3.38. The van der Waals surface area contributed by atoms with Crippen molar-refractivity contribution in [2.45, 2.75) is 57.4 Å². The minimum absolute atomic E-state index is 0.0262. The molecule has 1 aromatic heterocycles. The first-order valence-corrected chi connectivity index (χ1v) is 11.4. The van der Waals surface area contributed by atoms with Crippen molar-refractivity contribution in [1.29, 1.82) is 0 Å². The van der Waals surface area contributed by atoms with Gasteiger partial charge in [0.2, 0.25) is 0 Å². The van der Waals surface area contributed by atoms with E-state index < -0.39 is 11.6 Å². The Morgan fingerprint density at radius 2 is 1.94 bits per heavy atom. The molecule has 0 aliphatic carbocycles. The monoisotopic (exact) mass is 438 g/mol. The number of benzene rings is 1. The maximum absolute atomic E-state index is 12.9. The molecule has 0 radical (unpaired) electrons. The summed E-state index contributed by atoms with van der Waals surface area (Å²) in [6.45, 7) is 3.08. The lowest BCUT2D eigenvalue weighted by Crippen LogP contribution is -2.56. The molecule has 2 aliphatic rings. The number of hydrogen-bond acceptors (Lipinski definition) is 5. The number of rotatable bonds is 8. The van der Waals surface area contributed by atoms with Crippen molar-refractivity contribution in [3.8, 4) is 0 Å². The Morgan fingerprint density at radius 3 is 2.59 bits per heavy atom. The van der Waals surface area contributed by atoms with Crippen LogP contribution >= 0.6 is 0 Å². The first-order valence-electron chi connectivity index (χ1n) is 11.4. The average molecular weight is 439 g/mol. The van der Waals surface area contributed by atoms with Gasteiger partial charge in [-0.15, -0.1) is 0 Å². The fourth-order valence-electron chi connectivity index (χ4n) is 4.90. The van der Waals surface area contributed by atoms with Gasteiger partial charge in [0.25, 0.3) is 11.8 Å². The second-order valence-electron chi connectivity index (χ2n) is 8.71. The summed E-state index contributed by atoms with van der Waals surface area (Å²) in [6, 6.07) is 11.4. The Kier molecular flexibility index (Phi) is 6.58. The van der Waals surface area contributed by atoms with Crippen LogP contribution in [0, 0.1) is 5.92 Å². The Balaban J connectivity index is 1.39. The molecule has 2 N–H and O–H groups in total. The second kappa shape index (κ2) is 9.54. The lowest BCUT2D eigenvalue weighted by Gasteiger charge is -2.40. The predicted octanol–water partition coefficient (Wildman–Crippen LogP) is 3.08. The number of carbonyl (C=O) groups excluding carboxylic acids is 3. The highest BCUT2D eigenvalue weighted by Crippen LogP contribution is 2.35. The van der Waals surface area contributed by atoms with Crippen molar-refractivity contribution in [2.24, 2.45) is 5.92 Å². The Bertz CT molecular complexity index is 965. The van der Waals surface area contributed by atoms with E-state index in [9.17, 15) is 14.4 Å². The highest BCUT2D eigenvalue weighted by molar-refractivity contribution is 6.07. The normalized spacial score (nSPS) is 21.5. The number of hydrogen-bond donors (Lipinski definition) is 2. The minimum Gasteiger partial charge on any atom is -0.361 e. The van der Waals surface area contributed by atoms with Crippen LogP contribution in [0.2, 0.25) is 0 Å². The van der Waals surface area contributed by atoms with Crippen LogP contribution < -0.4 is 10.6 Å². The van der Waals surface area contributed by atoms with Gasteiger partial charge in [0.1, 0.15) is 11.3 Å². The SMILES string of the molecule is CCCc1cc(C(=O)N2CCC(C3(CCCc4ccccc4)NC(=O)NC3=O)CC2)no1. The van der Waals surface area contributed by atoms with Crippen molar-refractivity contribution in [2.75, 3.05) is 13.1 Å². The molecule has 2 fully saturated rings. The number of piperidine rings is 1. The molecule has 0 saturated carbocycles. The third-order valence-electron chi connectivity index (χ3n) is 6.60. The molecule has 3 heterocycles. The number of carbonyl (C=O) groups is 3. The van der Waals surface area contributed by atoms with Crippen molar-refractivity contribution in [1.82, 2.24) is 20.7 Å². The van der Waals surface area contributed by atoms with Crippen LogP contribution in [0.3, 0.4) is 0 Å². The van der Waals surface area contributed by atoms with Crippen LogP contribution in [0.1, 0.15) is 60.8 Å². The zero-order chi connectivity index (χ0) is 22.6. The van der Waals surface area contributed by atoms with E-state index in [-0.39, 0.29) is 17.7 Å². The van der Waals surface area contributed by atoms with Gasteiger partial charge in [-0.05, 0) is 50.0 Å². The molecule has 4 amide bonds. The number of urea groups is 1. The van der Waals surface area contributed by atoms with E-state index in [0.29, 0.717) is 43.8 Å². The lowest BCUT2D eigenvalue weighted by molar-refractivity contribution is -0.127. The summed E-state index contributed by atoms with van der Waals surface area (Å²) in [7, 11) is 0. The van der Waals surface area contributed by atoms with Gasteiger partial charge in [-0.2, -0.15) is 0 Å². The van der Waals surface area contributed by atoms with E-state index in [1.807, 2.05) is 25.1 Å². The summed E-state index contributed by atoms with van der Waals surface area (Å²) < 4.78 is 5.24. The Morgan fingerprint density at radius 1 is 1.19 bits per heavy atom. The molecule has 2 aromatic rings. The lowest BCUT2D eigenvalue weighted by atomic mass is 9.74. The summed E-state index contributed by atoms with van der Waals surface area (Å²) in [5.74, 6) is 0.295. The molecule has 8 nitrogen and oxygen atoms in total. The van der Waals surface area contributed by atoms with Gasteiger partial charge in [0.15, 0.2) is 5.69 Å². The summed E-state index contributed by atoms with van der Waals surface area (Å²) in [5.41, 5.74) is 0.627. The molecule has 2 aliphatic heterocycles. The fraction of sp³-hybridized carbons (Fsp3) is 0.500. The van der Waals surface area contributed by atoms with Crippen molar-refractivity contribution in [3.05, 3.63) is 53.4 Å². The number of likely N-dealkylation sites (tertiary alicyclic amines) is 1. The van der Waals surface area contributed by atoms with E-state index in [1.165, 1.54) is 5.56 Å². The van der Waals surface area contributed by atoms with Crippen LogP contribution in [0.25, 0.3) is 0 Å². The zero-order valence-corrected chi connectivity index (χ0v) is 18.4. The summed E-state index contributed by atoms with van der Waals surface area (Å²) in [6.07, 6.45) is 5.17. The number of nitrogens with zero attached hydrogens (tertiary/aromatic N) is 2. The molecule has 170 valence electrons. The largest absolute Gasteiger partial charge is 0.361 e. The van der Waals surface area contributed by atoms with Gasteiger partial charge in [0.05, 0.1) is 0 Å². The Hall–Kier alpha value is -3.16. The minimum atomic E-state index is -0.914. The highest BCUT2D eigenvalue weighted by atomic mass is 16.5. The molecular formula is C24H30N4O4. The van der Waals surface area contributed by atoms with Crippen LogP contribution in [0.4, 0.5) is 4.79 Å². The molecule has 8 heteroatoms.